The van der Waals surface area contributed by atoms with Crippen LogP contribution in [0.3, 0.4) is 0 Å². The Morgan fingerprint density at radius 1 is 1.00 bits per heavy atom. The molecule has 2 aliphatic carbocycles. The van der Waals surface area contributed by atoms with Gasteiger partial charge in [-0.25, -0.2) is 0 Å². The van der Waals surface area contributed by atoms with Crippen LogP contribution in [0.1, 0.15) is 57.1 Å². The number of aromatic nitrogens is 2. The fourth-order valence-corrected chi connectivity index (χ4v) is 6.21. The van der Waals surface area contributed by atoms with E-state index in [0.29, 0.717) is 12.5 Å². The smallest absolute Gasteiger partial charge is 0.244 e. The van der Waals surface area contributed by atoms with Crippen molar-refractivity contribution in [2.75, 3.05) is 39.3 Å². The summed E-state index contributed by atoms with van der Waals surface area (Å²) in [6, 6.07) is 2.68. The minimum absolute atomic E-state index is 0.139. The molecule has 1 unspecified atom stereocenters. The number of hydrogen-bond donors (Lipinski definition) is 0. The van der Waals surface area contributed by atoms with Crippen LogP contribution in [0.25, 0.3) is 0 Å². The molecular weight excluding hydrogens is 390 g/mol. The lowest BCUT2D eigenvalue weighted by Crippen LogP contribution is -2.53. The molecule has 170 valence electrons. The van der Waals surface area contributed by atoms with Crippen molar-refractivity contribution >= 4 is 11.8 Å². The summed E-state index contributed by atoms with van der Waals surface area (Å²) in [5.41, 5.74) is 1.10. The van der Waals surface area contributed by atoms with E-state index in [-0.39, 0.29) is 17.2 Å². The lowest BCUT2D eigenvalue weighted by molar-refractivity contribution is -0.136. The summed E-state index contributed by atoms with van der Waals surface area (Å²) in [5, 5.41) is 4.32. The first-order chi connectivity index (χ1) is 15.0. The minimum Gasteiger partial charge on any atom is -0.341 e. The van der Waals surface area contributed by atoms with Crippen LogP contribution in [-0.2, 0) is 16.1 Å². The summed E-state index contributed by atoms with van der Waals surface area (Å²) in [7, 11) is 0. The van der Waals surface area contributed by atoms with Gasteiger partial charge in [0.2, 0.25) is 11.8 Å². The molecule has 3 heterocycles. The van der Waals surface area contributed by atoms with E-state index < -0.39 is 0 Å². The summed E-state index contributed by atoms with van der Waals surface area (Å²) in [4.78, 5) is 32.5. The number of carbonyl (C=O) groups is 2. The van der Waals surface area contributed by atoms with Crippen molar-refractivity contribution in [1.29, 1.82) is 0 Å². The Morgan fingerprint density at radius 2 is 1.71 bits per heavy atom. The van der Waals surface area contributed by atoms with E-state index in [1.165, 1.54) is 32.1 Å². The van der Waals surface area contributed by atoms with E-state index in [1.807, 2.05) is 24.1 Å². The van der Waals surface area contributed by atoms with Crippen LogP contribution in [0, 0.1) is 18.3 Å². The Bertz CT molecular complexity index is 799. The third-order valence-corrected chi connectivity index (χ3v) is 8.39. The number of amides is 2. The maximum absolute atomic E-state index is 13.2. The molecule has 4 fully saturated rings. The van der Waals surface area contributed by atoms with Gasteiger partial charge in [0.1, 0.15) is 6.54 Å². The zero-order valence-electron chi connectivity index (χ0n) is 19.0. The molecule has 0 aromatic carbocycles. The van der Waals surface area contributed by atoms with E-state index in [1.54, 1.807) is 4.68 Å². The number of rotatable bonds is 4. The number of aryl methyl sites for hydroxylation is 1. The van der Waals surface area contributed by atoms with Crippen molar-refractivity contribution in [2.24, 2.45) is 11.3 Å². The van der Waals surface area contributed by atoms with Gasteiger partial charge < -0.3 is 9.80 Å². The lowest BCUT2D eigenvalue weighted by Gasteiger charge is -2.41. The molecule has 2 aliphatic heterocycles. The van der Waals surface area contributed by atoms with Gasteiger partial charge in [-0.3, -0.25) is 19.2 Å². The number of piperazine rings is 1. The first-order valence-electron chi connectivity index (χ1n) is 12.3. The van der Waals surface area contributed by atoms with E-state index in [4.69, 9.17) is 0 Å². The Morgan fingerprint density at radius 3 is 2.35 bits per heavy atom. The summed E-state index contributed by atoms with van der Waals surface area (Å²) < 4.78 is 1.72. The van der Waals surface area contributed by atoms with Crippen LogP contribution in [0.15, 0.2) is 12.3 Å². The first-order valence-corrected chi connectivity index (χ1v) is 12.3. The van der Waals surface area contributed by atoms with Crippen LogP contribution in [0.5, 0.6) is 0 Å². The molecule has 0 radical (unpaired) electrons. The average molecular weight is 428 g/mol. The SMILES string of the molecule is Cc1ccn(CC(=O)N2CCC3(CC2)CC3C(=O)N2CCN(C3CCCCC3)CC2)n1. The van der Waals surface area contributed by atoms with Gasteiger partial charge in [0.15, 0.2) is 0 Å². The van der Waals surface area contributed by atoms with Gasteiger partial charge in [0.25, 0.3) is 0 Å². The molecule has 31 heavy (non-hydrogen) atoms. The van der Waals surface area contributed by atoms with Crippen molar-refractivity contribution in [3.8, 4) is 0 Å². The molecule has 5 rings (SSSR count). The Balaban J connectivity index is 1.08. The first kappa shape index (κ1) is 21.0. The second-order valence-electron chi connectivity index (χ2n) is 10.3. The molecule has 4 aliphatic rings. The van der Waals surface area contributed by atoms with Crippen LogP contribution >= 0.6 is 0 Å². The highest BCUT2D eigenvalue weighted by atomic mass is 16.2. The molecule has 1 spiro atoms. The summed E-state index contributed by atoms with van der Waals surface area (Å²) in [6.45, 7) is 7.69. The standard InChI is InChI=1S/C24H37N5O2/c1-19-7-10-29(25-19)18-22(30)27-11-8-24(9-12-27)17-21(24)23(31)28-15-13-26(14-16-28)20-5-3-2-4-6-20/h7,10,20-21H,2-6,8-9,11-18H2,1H3. The molecule has 2 saturated carbocycles. The maximum Gasteiger partial charge on any atom is 0.244 e. The van der Waals surface area contributed by atoms with Crippen molar-refractivity contribution in [3.63, 3.8) is 0 Å². The number of hydrogen-bond acceptors (Lipinski definition) is 4. The molecule has 1 aromatic rings. The van der Waals surface area contributed by atoms with Crippen LogP contribution < -0.4 is 0 Å². The number of carbonyl (C=O) groups excluding carboxylic acids is 2. The summed E-state index contributed by atoms with van der Waals surface area (Å²) >= 11 is 0. The van der Waals surface area contributed by atoms with Gasteiger partial charge >= 0.3 is 0 Å². The van der Waals surface area contributed by atoms with Gasteiger partial charge in [0, 0.05) is 57.4 Å². The summed E-state index contributed by atoms with van der Waals surface area (Å²) in [6.07, 6.45) is 11.6. The van der Waals surface area contributed by atoms with E-state index in [9.17, 15) is 9.59 Å². The van der Waals surface area contributed by atoms with Gasteiger partial charge in [-0.05, 0) is 50.5 Å². The number of likely N-dealkylation sites (tertiary alicyclic amines) is 1. The second kappa shape index (κ2) is 8.57. The molecule has 7 nitrogen and oxygen atoms in total. The van der Waals surface area contributed by atoms with Gasteiger partial charge in [0.05, 0.1) is 5.69 Å². The second-order valence-corrected chi connectivity index (χ2v) is 10.3. The zero-order chi connectivity index (χ0) is 21.4. The third kappa shape index (κ3) is 4.38. The fraction of sp³-hybridized carbons (Fsp3) is 0.792. The summed E-state index contributed by atoms with van der Waals surface area (Å²) in [5.74, 6) is 0.718. The predicted octanol–water partition coefficient (Wildman–Crippen LogP) is 2.30. The normalized spacial score (nSPS) is 26.9. The Labute approximate surface area is 185 Å². The number of piperidine rings is 1. The van der Waals surface area contributed by atoms with E-state index >= 15 is 0 Å². The monoisotopic (exact) mass is 427 g/mol. The van der Waals surface area contributed by atoms with Crippen molar-refractivity contribution in [2.45, 2.75) is 70.9 Å². The molecular formula is C24H37N5O2. The molecule has 0 N–H and O–H groups in total. The van der Waals surface area contributed by atoms with Crippen LogP contribution in [-0.4, -0.2) is 81.6 Å². The van der Waals surface area contributed by atoms with Crippen LogP contribution in [0.2, 0.25) is 0 Å². The maximum atomic E-state index is 13.2. The van der Waals surface area contributed by atoms with Crippen molar-refractivity contribution in [1.82, 2.24) is 24.5 Å². The van der Waals surface area contributed by atoms with Gasteiger partial charge in [-0.1, -0.05) is 19.3 Å². The Hall–Kier alpha value is -1.89. The highest BCUT2D eigenvalue weighted by molar-refractivity contribution is 5.83. The van der Waals surface area contributed by atoms with Crippen molar-refractivity contribution in [3.05, 3.63) is 18.0 Å². The Kier molecular flexibility index (Phi) is 5.80. The highest BCUT2D eigenvalue weighted by Crippen LogP contribution is 2.60. The fourth-order valence-electron chi connectivity index (χ4n) is 6.21. The lowest BCUT2D eigenvalue weighted by atomic mass is 9.90. The minimum atomic E-state index is 0.139. The van der Waals surface area contributed by atoms with Gasteiger partial charge in [-0.15, -0.1) is 0 Å². The van der Waals surface area contributed by atoms with Crippen molar-refractivity contribution < 1.29 is 9.59 Å². The average Bonchev–Trinajstić information content (AvgIpc) is 3.34. The zero-order valence-corrected chi connectivity index (χ0v) is 19.0. The molecule has 2 saturated heterocycles. The number of nitrogens with zero attached hydrogens (tertiary/aromatic N) is 5. The predicted molar refractivity (Wildman–Crippen MR) is 118 cm³/mol. The van der Waals surface area contributed by atoms with E-state index in [2.05, 4.69) is 14.9 Å². The van der Waals surface area contributed by atoms with Crippen LogP contribution in [0.4, 0.5) is 0 Å². The molecule has 2 amide bonds. The molecule has 7 heteroatoms. The topological polar surface area (TPSA) is 61.7 Å². The quantitative estimate of drug-likeness (QED) is 0.740. The molecule has 0 bridgehead atoms. The third-order valence-electron chi connectivity index (χ3n) is 8.39. The molecule has 1 aromatic heterocycles. The highest BCUT2D eigenvalue weighted by Gasteiger charge is 2.59. The molecule has 1 atom stereocenters. The van der Waals surface area contributed by atoms with Gasteiger partial charge in [-0.2, -0.15) is 5.10 Å². The van der Waals surface area contributed by atoms with E-state index in [0.717, 1.165) is 70.3 Å². The largest absolute Gasteiger partial charge is 0.341 e.